The Morgan fingerprint density at radius 1 is 1.08 bits per heavy atom. The number of hydrogen-bond acceptors (Lipinski definition) is 7. The highest BCUT2D eigenvalue weighted by Gasteiger charge is 2.37. The van der Waals surface area contributed by atoms with Gasteiger partial charge in [0.25, 0.3) is 0 Å². The molecular weight excluding hydrogens is 586 g/mol. The van der Waals surface area contributed by atoms with Crippen LogP contribution in [0.1, 0.15) is 11.1 Å². The molecule has 180 valence electrons. The molecule has 9 heteroatoms. The number of benzene rings is 3. The molecule has 7 nitrogen and oxygen atoms in total. The van der Waals surface area contributed by atoms with Crippen molar-refractivity contribution in [3.05, 3.63) is 92.4 Å². The third-order valence-electron chi connectivity index (χ3n) is 5.59. The van der Waals surface area contributed by atoms with Crippen molar-refractivity contribution in [2.45, 2.75) is 12.8 Å². The largest absolute Gasteiger partial charge is 0.493 e. The Morgan fingerprint density at radius 3 is 2.53 bits per heavy atom. The molecule has 0 aliphatic carbocycles. The van der Waals surface area contributed by atoms with Crippen LogP contribution in [0.25, 0.3) is 6.08 Å². The van der Waals surface area contributed by atoms with Gasteiger partial charge >= 0.3 is 0 Å². The Kier molecular flexibility index (Phi) is 8.07. The second kappa shape index (κ2) is 11.4. The molecule has 0 amide bonds. The summed E-state index contributed by atoms with van der Waals surface area (Å²) in [7, 11) is 1.56. The molecule has 2 N–H and O–H groups in total. The van der Waals surface area contributed by atoms with Gasteiger partial charge in [0, 0.05) is 14.5 Å². The van der Waals surface area contributed by atoms with E-state index in [0.717, 1.165) is 20.2 Å². The molecule has 0 saturated carbocycles. The van der Waals surface area contributed by atoms with Crippen LogP contribution in [-0.2, 0) is 6.61 Å². The smallest absolute Gasteiger partial charge is 0.161 e. The fourth-order valence-corrected chi connectivity index (χ4v) is 4.90. The molecular formula is C27H21Br2N5O2. The standard InChI is InChI=1S/C27H21Br2N5O2/c1-35-25-12-17(7-10-24(25)36-16-18-8-9-20(28)13-23(18)29)11-19(14-30)26-22(15-31)27(32)34(33-26)21-5-3-2-4-6-21/h2-13,22,27H,16,32H2,1H3/b19-11-/t22-,27-/m1/s1. The Morgan fingerprint density at radius 2 is 1.86 bits per heavy atom. The van der Waals surface area contributed by atoms with Gasteiger partial charge in [0.2, 0.25) is 0 Å². The third-order valence-corrected chi connectivity index (χ3v) is 6.82. The van der Waals surface area contributed by atoms with Crippen molar-refractivity contribution in [1.82, 2.24) is 0 Å². The molecule has 3 aromatic carbocycles. The van der Waals surface area contributed by atoms with Crippen molar-refractivity contribution in [2.24, 2.45) is 16.8 Å². The lowest BCUT2D eigenvalue weighted by Crippen LogP contribution is -2.40. The Balaban J connectivity index is 1.60. The summed E-state index contributed by atoms with van der Waals surface area (Å²) in [5.41, 5.74) is 9.33. The zero-order valence-corrected chi connectivity index (χ0v) is 22.4. The second-order valence-corrected chi connectivity index (χ2v) is 9.64. The highest BCUT2D eigenvalue weighted by atomic mass is 79.9. The maximum Gasteiger partial charge on any atom is 0.161 e. The van der Waals surface area contributed by atoms with E-state index in [1.165, 1.54) is 0 Å². The lowest BCUT2D eigenvalue weighted by Gasteiger charge is -2.21. The van der Waals surface area contributed by atoms with E-state index in [4.69, 9.17) is 15.2 Å². The van der Waals surface area contributed by atoms with Crippen LogP contribution in [0, 0.1) is 28.6 Å². The zero-order valence-electron chi connectivity index (χ0n) is 19.2. The second-order valence-electron chi connectivity index (χ2n) is 7.87. The van der Waals surface area contributed by atoms with E-state index in [1.807, 2.05) is 54.6 Å². The van der Waals surface area contributed by atoms with Crippen LogP contribution in [0.5, 0.6) is 11.5 Å². The van der Waals surface area contributed by atoms with E-state index in [2.05, 4.69) is 49.1 Å². The number of anilines is 1. The molecule has 1 aliphatic rings. The summed E-state index contributed by atoms with van der Waals surface area (Å²) in [4.78, 5) is 0. The molecule has 0 aromatic heterocycles. The summed E-state index contributed by atoms with van der Waals surface area (Å²) in [5.74, 6) is 0.320. The molecule has 0 saturated heterocycles. The molecule has 0 fully saturated rings. The van der Waals surface area contributed by atoms with Crippen LogP contribution in [0.4, 0.5) is 5.69 Å². The number of allylic oxidation sites excluding steroid dienone is 1. The van der Waals surface area contributed by atoms with Crippen molar-refractivity contribution in [1.29, 1.82) is 10.5 Å². The van der Waals surface area contributed by atoms with Crippen LogP contribution in [0.15, 0.2) is 86.3 Å². The summed E-state index contributed by atoms with van der Waals surface area (Å²) in [6, 6.07) is 24.9. The van der Waals surface area contributed by atoms with Crippen molar-refractivity contribution >= 4 is 49.3 Å². The molecule has 3 aromatic rings. The van der Waals surface area contributed by atoms with Gasteiger partial charge in [0.15, 0.2) is 11.5 Å². The highest BCUT2D eigenvalue weighted by molar-refractivity contribution is 9.11. The number of halogens is 2. The maximum atomic E-state index is 9.91. The summed E-state index contributed by atoms with van der Waals surface area (Å²) in [6.07, 6.45) is 0.967. The van der Waals surface area contributed by atoms with Gasteiger partial charge < -0.3 is 15.2 Å². The number of hydrazone groups is 1. The number of nitriles is 2. The number of hydrogen-bond donors (Lipinski definition) is 1. The summed E-state index contributed by atoms with van der Waals surface area (Å²) in [6.45, 7) is 0.344. The zero-order chi connectivity index (χ0) is 25.7. The van der Waals surface area contributed by atoms with Crippen molar-refractivity contribution in [2.75, 3.05) is 12.1 Å². The van der Waals surface area contributed by atoms with Crippen LogP contribution < -0.4 is 20.2 Å². The van der Waals surface area contributed by atoms with Gasteiger partial charge in [-0.15, -0.1) is 0 Å². The van der Waals surface area contributed by atoms with Gasteiger partial charge in [-0.1, -0.05) is 62.2 Å². The molecule has 0 radical (unpaired) electrons. The summed E-state index contributed by atoms with van der Waals surface area (Å²) in [5, 5.41) is 25.8. The lowest BCUT2D eigenvalue weighted by molar-refractivity contribution is 0.284. The maximum absolute atomic E-state index is 9.91. The average Bonchev–Trinajstić information content (AvgIpc) is 3.23. The van der Waals surface area contributed by atoms with Crippen LogP contribution in [0.3, 0.4) is 0 Å². The SMILES string of the molecule is COc1cc(/C=C(/C#N)C2=NN(c3ccccc3)[C@@H](N)[C@@H]2C#N)ccc1OCc1ccc(Br)cc1Br. The van der Waals surface area contributed by atoms with Crippen LogP contribution >= 0.6 is 31.9 Å². The number of ether oxygens (including phenoxy) is 2. The predicted molar refractivity (Wildman–Crippen MR) is 146 cm³/mol. The van der Waals surface area contributed by atoms with Gasteiger partial charge in [0.1, 0.15) is 24.8 Å². The molecule has 0 unspecified atom stereocenters. The van der Waals surface area contributed by atoms with E-state index >= 15 is 0 Å². The average molecular weight is 607 g/mol. The topological polar surface area (TPSA) is 108 Å². The fraction of sp³-hybridized carbons (Fsp3) is 0.148. The van der Waals surface area contributed by atoms with Gasteiger partial charge in [-0.2, -0.15) is 15.6 Å². The molecule has 4 rings (SSSR count). The molecule has 36 heavy (non-hydrogen) atoms. The first-order valence-corrected chi connectivity index (χ1v) is 12.5. The Hall–Kier alpha value is -3.63. The molecule has 1 heterocycles. The number of nitrogens with two attached hydrogens (primary N) is 1. The van der Waals surface area contributed by atoms with E-state index in [0.29, 0.717) is 29.4 Å². The summed E-state index contributed by atoms with van der Waals surface area (Å²) < 4.78 is 13.4. The van der Waals surface area contributed by atoms with Gasteiger partial charge in [-0.3, -0.25) is 0 Å². The Bertz CT molecular complexity index is 1410. The highest BCUT2D eigenvalue weighted by Crippen LogP contribution is 2.32. The lowest BCUT2D eigenvalue weighted by atomic mass is 9.95. The minimum atomic E-state index is -0.759. The molecule has 1 aliphatic heterocycles. The predicted octanol–water partition coefficient (Wildman–Crippen LogP) is 6.01. The number of para-hydroxylation sites is 1. The van der Waals surface area contributed by atoms with Gasteiger partial charge in [0.05, 0.1) is 30.2 Å². The van der Waals surface area contributed by atoms with Crippen LogP contribution in [-0.4, -0.2) is 19.0 Å². The Labute approximate surface area is 226 Å². The van der Waals surface area contributed by atoms with E-state index in [-0.39, 0.29) is 5.57 Å². The van der Waals surface area contributed by atoms with E-state index in [1.54, 1.807) is 30.3 Å². The minimum absolute atomic E-state index is 0.255. The third kappa shape index (κ3) is 5.44. The first kappa shape index (κ1) is 25.5. The van der Waals surface area contributed by atoms with Crippen LogP contribution in [0.2, 0.25) is 0 Å². The molecule has 2 atom stereocenters. The van der Waals surface area contributed by atoms with Crippen molar-refractivity contribution in [3.63, 3.8) is 0 Å². The summed E-state index contributed by atoms with van der Waals surface area (Å²) >= 11 is 6.99. The van der Waals surface area contributed by atoms with Gasteiger partial charge in [-0.25, -0.2) is 5.01 Å². The molecule has 0 bridgehead atoms. The quantitative estimate of drug-likeness (QED) is 0.330. The number of rotatable bonds is 7. The minimum Gasteiger partial charge on any atom is -0.493 e. The first-order valence-electron chi connectivity index (χ1n) is 10.9. The van der Waals surface area contributed by atoms with E-state index < -0.39 is 12.1 Å². The van der Waals surface area contributed by atoms with E-state index in [9.17, 15) is 10.5 Å². The first-order chi connectivity index (χ1) is 17.4. The monoisotopic (exact) mass is 605 g/mol. The van der Waals surface area contributed by atoms with Crippen molar-refractivity contribution in [3.8, 4) is 23.6 Å². The fourth-order valence-electron chi connectivity index (χ4n) is 3.73. The number of methoxy groups -OCH3 is 1. The normalized spacial score (nSPS) is 17.2. The van der Waals surface area contributed by atoms with Gasteiger partial charge in [-0.05, 0) is 48.0 Å². The van der Waals surface area contributed by atoms with Crippen molar-refractivity contribution < 1.29 is 9.47 Å². The number of nitrogens with zero attached hydrogens (tertiary/aromatic N) is 4. The molecule has 0 spiro atoms.